The third kappa shape index (κ3) is 4.18. The maximum atomic E-state index is 5.55. The van der Waals surface area contributed by atoms with Crippen molar-refractivity contribution >= 4 is 0 Å². The summed E-state index contributed by atoms with van der Waals surface area (Å²) in [5, 5.41) is 0. The van der Waals surface area contributed by atoms with E-state index in [0.717, 1.165) is 32.0 Å². The summed E-state index contributed by atoms with van der Waals surface area (Å²) < 4.78 is 0. The molecule has 0 aliphatic heterocycles. The van der Waals surface area contributed by atoms with Crippen LogP contribution in [-0.2, 0) is 13.0 Å². The Kier molecular flexibility index (Phi) is 4.81. The Labute approximate surface area is 110 Å². The van der Waals surface area contributed by atoms with E-state index in [-0.39, 0.29) is 0 Å². The minimum absolute atomic E-state index is 0.713. The second kappa shape index (κ2) is 6.58. The minimum Gasteiger partial charge on any atom is -0.330 e. The number of terminal acetylenes is 1. The Morgan fingerprint density at radius 3 is 2.44 bits per heavy atom. The van der Waals surface area contributed by atoms with Crippen LogP contribution in [0.25, 0.3) is 0 Å². The first kappa shape index (κ1) is 13.1. The summed E-state index contributed by atoms with van der Waals surface area (Å²) in [6.07, 6.45) is 9.14. The van der Waals surface area contributed by atoms with Crippen LogP contribution in [0, 0.1) is 18.3 Å². The summed E-state index contributed by atoms with van der Waals surface area (Å²) in [7, 11) is 0. The zero-order chi connectivity index (χ0) is 12.8. The molecule has 0 aromatic heterocycles. The first-order valence-electron chi connectivity index (χ1n) is 6.75. The van der Waals surface area contributed by atoms with Gasteiger partial charge in [0.2, 0.25) is 0 Å². The van der Waals surface area contributed by atoms with Gasteiger partial charge < -0.3 is 5.73 Å². The number of benzene rings is 1. The molecular formula is C16H22N2. The monoisotopic (exact) mass is 242 g/mol. The summed E-state index contributed by atoms with van der Waals surface area (Å²) in [5.74, 6) is 3.65. The SMILES string of the molecule is C#CCN(Cc1ccc(CCN)cc1)CC1CC1. The van der Waals surface area contributed by atoms with Gasteiger partial charge in [-0.05, 0) is 42.9 Å². The van der Waals surface area contributed by atoms with Gasteiger partial charge in [-0.1, -0.05) is 30.2 Å². The summed E-state index contributed by atoms with van der Waals surface area (Å²) in [5.41, 5.74) is 8.20. The van der Waals surface area contributed by atoms with E-state index in [0.29, 0.717) is 6.54 Å². The van der Waals surface area contributed by atoms with Gasteiger partial charge in [-0.25, -0.2) is 0 Å². The summed E-state index contributed by atoms with van der Waals surface area (Å²) in [6.45, 7) is 3.57. The van der Waals surface area contributed by atoms with Crippen LogP contribution in [0.4, 0.5) is 0 Å². The van der Waals surface area contributed by atoms with Crippen molar-refractivity contribution in [2.75, 3.05) is 19.6 Å². The Balaban J connectivity index is 1.90. The zero-order valence-corrected chi connectivity index (χ0v) is 10.9. The molecule has 0 amide bonds. The third-order valence-corrected chi connectivity index (χ3v) is 3.39. The zero-order valence-electron chi connectivity index (χ0n) is 10.9. The lowest BCUT2D eigenvalue weighted by Crippen LogP contribution is -2.25. The highest BCUT2D eigenvalue weighted by atomic mass is 15.1. The molecule has 18 heavy (non-hydrogen) atoms. The maximum Gasteiger partial charge on any atom is 0.0601 e. The van der Waals surface area contributed by atoms with Gasteiger partial charge in [-0.3, -0.25) is 4.90 Å². The van der Waals surface area contributed by atoms with Crippen LogP contribution in [0.2, 0.25) is 0 Å². The van der Waals surface area contributed by atoms with Crippen molar-refractivity contribution in [1.29, 1.82) is 0 Å². The van der Waals surface area contributed by atoms with Gasteiger partial charge in [-0.15, -0.1) is 6.42 Å². The summed E-state index contributed by atoms with van der Waals surface area (Å²) in [6, 6.07) is 8.74. The molecule has 0 atom stereocenters. The van der Waals surface area contributed by atoms with Gasteiger partial charge in [-0.2, -0.15) is 0 Å². The number of nitrogens with zero attached hydrogens (tertiary/aromatic N) is 1. The molecule has 2 rings (SSSR count). The number of rotatable bonds is 7. The minimum atomic E-state index is 0.713. The molecule has 0 saturated heterocycles. The molecular weight excluding hydrogens is 220 g/mol. The smallest absolute Gasteiger partial charge is 0.0601 e. The average Bonchev–Trinajstić information content (AvgIpc) is 3.16. The van der Waals surface area contributed by atoms with E-state index in [1.54, 1.807) is 0 Å². The standard InChI is InChI=1S/C16H22N2/c1-2-11-18(13-16-7-8-16)12-15-5-3-14(4-6-15)9-10-17/h1,3-6,16H,7-13,17H2. The highest BCUT2D eigenvalue weighted by Crippen LogP contribution is 2.30. The lowest BCUT2D eigenvalue weighted by molar-refractivity contribution is 0.286. The topological polar surface area (TPSA) is 29.3 Å². The molecule has 1 aromatic rings. The molecule has 1 saturated carbocycles. The molecule has 0 unspecified atom stereocenters. The lowest BCUT2D eigenvalue weighted by Gasteiger charge is -2.19. The molecule has 0 spiro atoms. The van der Waals surface area contributed by atoms with E-state index in [9.17, 15) is 0 Å². The van der Waals surface area contributed by atoms with Crippen LogP contribution in [0.15, 0.2) is 24.3 Å². The first-order chi connectivity index (χ1) is 8.81. The fourth-order valence-corrected chi connectivity index (χ4v) is 2.22. The van der Waals surface area contributed by atoms with Crippen LogP contribution < -0.4 is 5.73 Å². The average molecular weight is 242 g/mol. The van der Waals surface area contributed by atoms with E-state index in [1.165, 1.54) is 24.0 Å². The van der Waals surface area contributed by atoms with Crippen molar-refractivity contribution in [3.8, 4) is 12.3 Å². The van der Waals surface area contributed by atoms with Crippen molar-refractivity contribution < 1.29 is 0 Å². The normalized spacial score (nSPS) is 14.7. The molecule has 0 bridgehead atoms. The lowest BCUT2D eigenvalue weighted by atomic mass is 10.1. The van der Waals surface area contributed by atoms with Crippen LogP contribution in [0.5, 0.6) is 0 Å². The Hall–Kier alpha value is -1.30. The van der Waals surface area contributed by atoms with Crippen molar-refractivity contribution in [1.82, 2.24) is 4.90 Å². The highest BCUT2D eigenvalue weighted by molar-refractivity contribution is 5.23. The van der Waals surface area contributed by atoms with Crippen molar-refractivity contribution in [3.63, 3.8) is 0 Å². The second-order valence-electron chi connectivity index (χ2n) is 5.17. The number of hydrogen-bond donors (Lipinski definition) is 1. The van der Waals surface area contributed by atoms with E-state index in [2.05, 4.69) is 35.1 Å². The van der Waals surface area contributed by atoms with Crippen molar-refractivity contribution in [2.45, 2.75) is 25.8 Å². The fourth-order valence-electron chi connectivity index (χ4n) is 2.22. The van der Waals surface area contributed by atoms with Crippen molar-refractivity contribution in [3.05, 3.63) is 35.4 Å². The molecule has 0 heterocycles. The second-order valence-corrected chi connectivity index (χ2v) is 5.17. The van der Waals surface area contributed by atoms with E-state index in [4.69, 9.17) is 12.2 Å². The largest absolute Gasteiger partial charge is 0.330 e. The summed E-state index contributed by atoms with van der Waals surface area (Å²) in [4.78, 5) is 2.37. The molecule has 2 N–H and O–H groups in total. The van der Waals surface area contributed by atoms with Crippen molar-refractivity contribution in [2.24, 2.45) is 11.7 Å². The third-order valence-electron chi connectivity index (χ3n) is 3.39. The van der Waals surface area contributed by atoms with Gasteiger partial charge in [0.15, 0.2) is 0 Å². The molecule has 96 valence electrons. The van der Waals surface area contributed by atoms with E-state index < -0.39 is 0 Å². The van der Waals surface area contributed by atoms with E-state index in [1.807, 2.05) is 0 Å². The highest BCUT2D eigenvalue weighted by Gasteiger charge is 2.23. The molecule has 1 aliphatic rings. The molecule has 2 nitrogen and oxygen atoms in total. The number of hydrogen-bond acceptors (Lipinski definition) is 2. The molecule has 1 fully saturated rings. The molecule has 1 aromatic carbocycles. The molecule has 2 heteroatoms. The molecule has 1 aliphatic carbocycles. The van der Waals surface area contributed by atoms with Gasteiger partial charge in [0.05, 0.1) is 6.54 Å². The maximum absolute atomic E-state index is 5.55. The predicted octanol–water partition coefficient (Wildman–Crippen LogP) is 2.03. The van der Waals surface area contributed by atoms with Gasteiger partial charge in [0, 0.05) is 13.1 Å². The first-order valence-corrected chi connectivity index (χ1v) is 6.75. The Morgan fingerprint density at radius 2 is 1.89 bits per heavy atom. The predicted molar refractivity (Wildman–Crippen MR) is 76.0 cm³/mol. The Morgan fingerprint density at radius 1 is 1.22 bits per heavy atom. The Bertz CT molecular complexity index is 398. The van der Waals surface area contributed by atoms with Gasteiger partial charge in [0.25, 0.3) is 0 Å². The number of nitrogens with two attached hydrogens (primary N) is 1. The van der Waals surface area contributed by atoms with Crippen LogP contribution >= 0.6 is 0 Å². The molecule has 0 radical (unpaired) electrons. The van der Waals surface area contributed by atoms with Gasteiger partial charge in [0.1, 0.15) is 0 Å². The van der Waals surface area contributed by atoms with Crippen LogP contribution in [0.3, 0.4) is 0 Å². The van der Waals surface area contributed by atoms with Crippen LogP contribution in [0.1, 0.15) is 24.0 Å². The summed E-state index contributed by atoms with van der Waals surface area (Å²) >= 11 is 0. The van der Waals surface area contributed by atoms with Gasteiger partial charge >= 0.3 is 0 Å². The fraction of sp³-hybridized carbons (Fsp3) is 0.500. The van der Waals surface area contributed by atoms with E-state index >= 15 is 0 Å². The van der Waals surface area contributed by atoms with Crippen LogP contribution in [-0.4, -0.2) is 24.5 Å². The quantitative estimate of drug-likeness (QED) is 0.741.